The van der Waals surface area contributed by atoms with Crippen LogP contribution in [-0.2, 0) is 16.1 Å². The molecule has 7 heteroatoms. The number of nitrogens with one attached hydrogen (secondary N) is 1. The molecule has 0 aliphatic heterocycles. The topological polar surface area (TPSA) is 120 Å². The van der Waals surface area contributed by atoms with Gasteiger partial charge in [0.15, 0.2) is 0 Å². The van der Waals surface area contributed by atoms with E-state index in [1.54, 1.807) is 0 Å². The van der Waals surface area contributed by atoms with Crippen molar-refractivity contribution < 1.29 is 9.59 Å². The number of hydrogen-bond acceptors (Lipinski definition) is 4. The van der Waals surface area contributed by atoms with Gasteiger partial charge in [0, 0.05) is 30.9 Å². The van der Waals surface area contributed by atoms with Gasteiger partial charge in [-0.2, -0.15) is 0 Å². The Morgan fingerprint density at radius 3 is 2.68 bits per heavy atom. The molecule has 0 unspecified atom stereocenters. The standard InChI is InChI=1S/C12H18N4O3/c13-9-4-5-12(19)16(7-9)8-11(18)15-6-2-1-3-10(14)17/h4-5,7H,1-3,6,8,13H2,(H2,14,17)(H,15,18). The van der Waals surface area contributed by atoms with Gasteiger partial charge in [-0.3, -0.25) is 14.4 Å². The van der Waals surface area contributed by atoms with Crippen LogP contribution in [0.5, 0.6) is 0 Å². The van der Waals surface area contributed by atoms with Gasteiger partial charge in [-0.1, -0.05) is 0 Å². The highest BCUT2D eigenvalue weighted by molar-refractivity contribution is 5.75. The fourth-order valence-electron chi connectivity index (χ4n) is 1.54. The first-order valence-electron chi connectivity index (χ1n) is 6.00. The SMILES string of the molecule is NC(=O)CCCCNC(=O)Cn1cc(N)ccc1=O. The zero-order chi connectivity index (χ0) is 14.3. The van der Waals surface area contributed by atoms with E-state index < -0.39 is 0 Å². The predicted octanol–water partition coefficient (Wildman–Crippen LogP) is -0.798. The molecule has 0 saturated carbocycles. The number of anilines is 1. The number of amides is 2. The third-order valence-corrected chi connectivity index (χ3v) is 2.49. The molecule has 1 aromatic heterocycles. The van der Waals surface area contributed by atoms with Gasteiger partial charge in [0.25, 0.3) is 5.56 Å². The van der Waals surface area contributed by atoms with Crippen LogP contribution in [0, 0.1) is 0 Å². The van der Waals surface area contributed by atoms with E-state index in [1.165, 1.54) is 22.9 Å². The number of primary amides is 1. The molecule has 0 aliphatic rings. The highest BCUT2D eigenvalue weighted by Gasteiger charge is 2.04. The number of unbranched alkanes of at least 4 members (excludes halogenated alkanes) is 1. The van der Waals surface area contributed by atoms with Gasteiger partial charge in [-0.15, -0.1) is 0 Å². The number of carbonyl (C=O) groups is 2. The van der Waals surface area contributed by atoms with Gasteiger partial charge < -0.3 is 21.4 Å². The Bertz CT molecular complexity index is 510. The quantitative estimate of drug-likeness (QED) is 0.559. The predicted molar refractivity (Wildman–Crippen MR) is 71.2 cm³/mol. The lowest BCUT2D eigenvalue weighted by atomic mass is 10.2. The van der Waals surface area contributed by atoms with Crippen LogP contribution in [-0.4, -0.2) is 22.9 Å². The zero-order valence-electron chi connectivity index (χ0n) is 10.6. The van der Waals surface area contributed by atoms with Crippen LogP contribution in [0.1, 0.15) is 19.3 Å². The number of nitrogen functional groups attached to an aromatic ring is 1. The summed E-state index contributed by atoms with van der Waals surface area (Å²) in [6, 6.07) is 2.80. The van der Waals surface area contributed by atoms with Crippen molar-refractivity contribution in [2.45, 2.75) is 25.8 Å². The van der Waals surface area contributed by atoms with Crippen LogP contribution in [0.15, 0.2) is 23.1 Å². The third kappa shape index (κ3) is 5.71. The fraction of sp³-hybridized carbons (Fsp3) is 0.417. The first kappa shape index (κ1) is 14.7. The molecule has 7 nitrogen and oxygen atoms in total. The maximum Gasteiger partial charge on any atom is 0.251 e. The lowest BCUT2D eigenvalue weighted by molar-refractivity contribution is -0.121. The minimum Gasteiger partial charge on any atom is -0.398 e. The molecule has 0 atom stereocenters. The van der Waals surface area contributed by atoms with Crippen LogP contribution < -0.4 is 22.3 Å². The molecular weight excluding hydrogens is 248 g/mol. The number of aromatic nitrogens is 1. The zero-order valence-corrected chi connectivity index (χ0v) is 10.6. The number of pyridine rings is 1. The second-order valence-corrected chi connectivity index (χ2v) is 4.20. The van der Waals surface area contributed by atoms with Crippen molar-refractivity contribution in [3.05, 3.63) is 28.7 Å². The van der Waals surface area contributed by atoms with Crippen LogP contribution in [0.3, 0.4) is 0 Å². The van der Waals surface area contributed by atoms with Crippen molar-refractivity contribution >= 4 is 17.5 Å². The normalized spacial score (nSPS) is 10.1. The number of rotatable bonds is 7. The summed E-state index contributed by atoms with van der Waals surface area (Å²) < 4.78 is 1.24. The van der Waals surface area contributed by atoms with Crippen molar-refractivity contribution in [1.29, 1.82) is 0 Å². The molecule has 1 rings (SSSR count). The van der Waals surface area contributed by atoms with Crippen molar-refractivity contribution in [2.75, 3.05) is 12.3 Å². The van der Waals surface area contributed by atoms with Crippen LogP contribution >= 0.6 is 0 Å². The summed E-state index contributed by atoms with van der Waals surface area (Å²) in [5, 5.41) is 2.66. The Labute approximate surface area is 110 Å². The van der Waals surface area contributed by atoms with Crippen molar-refractivity contribution in [1.82, 2.24) is 9.88 Å². The monoisotopic (exact) mass is 266 g/mol. The number of nitrogens with zero attached hydrogens (tertiary/aromatic N) is 1. The maximum atomic E-state index is 11.6. The van der Waals surface area contributed by atoms with Crippen LogP contribution in [0.25, 0.3) is 0 Å². The Balaban J connectivity index is 2.33. The molecule has 2 amide bonds. The molecule has 0 fully saturated rings. The molecule has 0 spiro atoms. The molecule has 5 N–H and O–H groups in total. The van der Waals surface area contributed by atoms with E-state index in [9.17, 15) is 14.4 Å². The average molecular weight is 266 g/mol. The molecule has 19 heavy (non-hydrogen) atoms. The average Bonchev–Trinajstić information content (AvgIpc) is 2.33. The minimum absolute atomic E-state index is 0.0697. The Morgan fingerprint density at radius 2 is 2.00 bits per heavy atom. The summed E-state index contributed by atoms with van der Waals surface area (Å²) in [6.45, 7) is 0.378. The smallest absolute Gasteiger partial charge is 0.251 e. The molecule has 0 aliphatic carbocycles. The summed E-state index contributed by atoms with van der Waals surface area (Å²) in [5.41, 5.74) is 10.7. The molecule has 0 radical (unpaired) electrons. The van der Waals surface area contributed by atoms with E-state index in [1.807, 2.05) is 0 Å². The molecule has 0 aromatic carbocycles. The maximum absolute atomic E-state index is 11.6. The Morgan fingerprint density at radius 1 is 1.26 bits per heavy atom. The van der Waals surface area contributed by atoms with Crippen molar-refractivity contribution in [3.63, 3.8) is 0 Å². The van der Waals surface area contributed by atoms with Gasteiger partial charge in [0.2, 0.25) is 11.8 Å². The Hall–Kier alpha value is -2.31. The molecular formula is C12H18N4O3. The highest BCUT2D eigenvalue weighted by atomic mass is 16.2. The third-order valence-electron chi connectivity index (χ3n) is 2.49. The summed E-state index contributed by atoms with van der Waals surface area (Å²) in [5.74, 6) is -0.621. The summed E-state index contributed by atoms with van der Waals surface area (Å²) in [4.78, 5) is 33.5. The van der Waals surface area contributed by atoms with Gasteiger partial charge >= 0.3 is 0 Å². The highest BCUT2D eigenvalue weighted by Crippen LogP contribution is 1.96. The van der Waals surface area contributed by atoms with E-state index in [0.717, 1.165) is 0 Å². The second kappa shape index (κ2) is 7.20. The molecule has 1 heterocycles. The summed E-state index contributed by atoms with van der Waals surface area (Å²) in [7, 11) is 0. The largest absolute Gasteiger partial charge is 0.398 e. The second-order valence-electron chi connectivity index (χ2n) is 4.20. The van der Waals surface area contributed by atoms with E-state index >= 15 is 0 Å². The minimum atomic E-state index is -0.349. The number of carbonyl (C=O) groups excluding carboxylic acids is 2. The van der Waals surface area contributed by atoms with E-state index in [-0.39, 0.29) is 23.9 Å². The van der Waals surface area contributed by atoms with Crippen molar-refractivity contribution in [2.24, 2.45) is 5.73 Å². The fourth-order valence-corrected chi connectivity index (χ4v) is 1.54. The number of hydrogen-bond donors (Lipinski definition) is 3. The first-order chi connectivity index (χ1) is 8.99. The van der Waals surface area contributed by atoms with E-state index in [4.69, 9.17) is 11.5 Å². The van der Waals surface area contributed by atoms with Gasteiger partial charge in [0.05, 0.1) is 0 Å². The first-order valence-corrected chi connectivity index (χ1v) is 6.00. The van der Waals surface area contributed by atoms with Crippen LogP contribution in [0.4, 0.5) is 5.69 Å². The molecule has 0 saturated heterocycles. The summed E-state index contributed by atoms with van der Waals surface area (Å²) in [6.07, 6.45) is 3.04. The van der Waals surface area contributed by atoms with E-state index in [2.05, 4.69) is 5.32 Å². The molecule has 0 bridgehead atoms. The lowest BCUT2D eigenvalue weighted by Gasteiger charge is -2.07. The Kier molecular flexibility index (Phi) is 5.59. The van der Waals surface area contributed by atoms with Gasteiger partial charge in [0.1, 0.15) is 6.54 Å². The van der Waals surface area contributed by atoms with Gasteiger partial charge in [-0.05, 0) is 18.9 Å². The van der Waals surface area contributed by atoms with Crippen LogP contribution in [0.2, 0.25) is 0 Å². The lowest BCUT2D eigenvalue weighted by Crippen LogP contribution is -2.32. The molecule has 104 valence electrons. The summed E-state index contributed by atoms with van der Waals surface area (Å²) >= 11 is 0. The van der Waals surface area contributed by atoms with Gasteiger partial charge in [-0.25, -0.2) is 0 Å². The van der Waals surface area contributed by atoms with E-state index in [0.29, 0.717) is 31.5 Å². The van der Waals surface area contributed by atoms with Crippen molar-refractivity contribution in [3.8, 4) is 0 Å². The molecule has 1 aromatic rings. The number of nitrogens with two attached hydrogens (primary N) is 2.